The second-order valence-corrected chi connectivity index (χ2v) is 14.6. The van der Waals surface area contributed by atoms with Gasteiger partial charge in [-0.1, -0.05) is 42.5 Å². The Morgan fingerprint density at radius 1 is 0.979 bits per heavy atom. The monoisotopic (exact) mass is 675 g/mol. The minimum Gasteiger partial charge on any atom is -0.341 e. The third kappa shape index (κ3) is 6.97. The van der Waals surface area contributed by atoms with Gasteiger partial charge in [-0.05, 0) is 86.8 Å². The summed E-state index contributed by atoms with van der Waals surface area (Å²) in [6.45, 7) is 4.09. The SMILES string of the molecule is Cc1cccc2c1N(CC(=O)N1CC3CCC(CC3)C1)C(=O)C(NC(=O)Nc1cccc(C(C)S(=O)(=O)O)c1)N=C2c1ccccc1F. The van der Waals surface area contributed by atoms with Crippen molar-refractivity contribution in [2.24, 2.45) is 16.8 Å². The van der Waals surface area contributed by atoms with Crippen LogP contribution in [0.5, 0.6) is 0 Å². The third-order valence-corrected chi connectivity index (χ3v) is 10.7. The van der Waals surface area contributed by atoms with Gasteiger partial charge in [-0.15, -0.1) is 0 Å². The van der Waals surface area contributed by atoms with E-state index in [2.05, 4.69) is 15.6 Å². The molecule has 3 aromatic rings. The number of para-hydroxylation sites is 1. The number of amides is 4. The zero-order chi connectivity index (χ0) is 34.2. The van der Waals surface area contributed by atoms with E-state index in [-0.39, 0.29) is 35.0 Å². The minimum absolute atomic E-state index is 0.119. The van der Waals surface area contributed by atoms with Gasteiger partial charge in [0.2, 0.25) is 12.1 Å². The average molecular weight is 676 g/mol. The Kier molecular flexibility index (Phi) is 9.35. The van der Waals surface area contributed by atoms with Gasteiger partial charge in [-0.25, -0.2) is 14.2 Å². The van der Waals surface area contributed by atoms with Crippen LogP contribution in [0.2, 0.25) is 0 Å². The fourth-order valence-electron chi connectivity index (χ4n) is 6.90. The standard InChI is InChI=1S/C35H38FN5O6S/c1-21-7-5-11-28-31(27-10-3-4-12-29(27)36)38-33(39-35(44)37-26-9-6-8-25(17-26)22(2)48(45,46)47)34(43)41(32(21)28)20-30(42)40-18-23-13-14-24(19-40)16-15-23/h3-12,17,22-24,33H,13-16,18-20H2,1-2H3,(H2,37,39,44)(H,45,46,47). The number of aliphatic imine (C=N–C) groups is 1. The van der Waals surface area contributed by atoms with Crippen molar-refractivity contribution < 1.29 is 31.7 Å². The maximum absolute atomic E-state index is 15.3. The maximum Gasteiger partial charge on any atom is 0.321 e. The first-order valence-corrected chi connectivity index (χ1v) is 17.5. The van der Waals surface area contributed by atoms with E-state index in [0.717, 1.165) is 25.7 Å². The molecule has 2 unspecified atom stereocenters. The summed E-state index contributed by atoms with van der Waals surface area (Å²) in [5.74, 6) is -0.608. The molecular weight excluding hydrogens is 637 g/mol. The van der Waals surface area contributed by atoms with Crippen molar-refractivity contribution in [3.05, 3.63) is 94.8 Å². The first-order chi connectivity index (χ1) is 22.9. The van der Waals surface area contributed by atoms with Gasteiger partial charge in [0, 0.05) is 29.9 Å². The predicted octanol–water partition coefficient (Wildman–Crippen LogP) is 5.06. The van der Waals surface area contributed by atoms with Gasteiger partial charge in [-0.2, -0.15) is 8.42 Å². The van der Waals surface area contributed by atoms with Gasteiger partial charge >= 0.3 is 6.03 Å². The number of benzodiazepines with no additional fused rings is 1. The van der Waals surface area contributed by atoms with Crippen LogP contribution in [-0.4, -0.2) is 67.2 Å². The predicted molar refractivity (Wildman–Crippen MR) is 180 cm³/mol. The lowest BCUT2D eigenvalue weighted by Crippen LogP contribution is -2.52. The van der Waals surface area contributed by atoms with Crippen LogP contribution in [0.15, 0.2) is 71.7 Å². The molecule has 7 rings (SSSR count). The molecule has 2 bridgehead atoms. The second-order valence-electron chi connectivity index (χ2n) is 12.8. The molecule has 4 amide bonds. The molecule has 1 saturated carbocycles. The molecule has 252 valence electrons. The van der Waals surface area contributed by atoms with Crippen LogP contribution in [0.25, 0.3) is 0 Å². The molecule has 3 N–H and O–H groups in total. The molecule has 1 aliphatic carbocycles. The highest BCUT2D eigenvalue weighted by atomic mass is 32.2. The normalized spacial score (nSPS) is 21.5. The number of benzene rings is 3. The largest absolute Gasteiger partial charge is 0.341 e. The lowest BCUT2D eigenvalue weighted by atomic mass is 9.84. The van der Waals surface area contributed by atoms with Gasteiger partial charge in [0.1, 0.15) is 17.6 Å². The summed E-state index contributed by atoms with van der Waals surface area (Å²) in [4.78, 5) is 49.5. The zero-order valence-electron chi connectivity index (χ0n) is 26.7. The molecule has 11 nitrogen and oxygen atoms in total. The van der Waals surface area contributed by atoms with E-state index < -0.39 is 39.3 Å². The van der Waals surface area contributed by atoms with Crippen LogP contribution >= 0.6 is 0 Å². The summed E-state index contributed by atoms with van der Waals surface area (Å²) in [6, 6.07) is 16.4. The van der Waals surface area contributed by atoms with Crippen LogP contribution in [-0.2, 0) is 19.7 Å². The van der Waals surface area contributed by atoms with Crippen molar-refractivity contribution in [2.75, 3.05) is 29.9 Å². The Morgan fingerprint density at radius 3 is 2.29 bits per heavy atom. The maximum atomic E-state index is 15.3. The molecular formula is C35H38FN5O6S. The number of carbonyl (C=O) groups excluding carboxylic acids is 3. The summed E-state index contributed by atoms with van der Waals surface area (Å²) >= 11 is 0. The van der Waals surface area contributed by atoms with Gasteiger partial charge in [-0.3, -0.25) is 19.0 Å². The van der Waals surface area contributed by atoms with Crippen molar-refractivity contribution in [1.82, 2.24) is 10.2 Å². The summed E-state index contributed by atoms with van der Waals surface area (Å²) in [5, 5.41) is 3.93. The zero-order valence-corrected chi connectivity index (χ0v) is 27.5. The molecule has 3 aromatic carbocycles. The van der Waals surface area contributed by atoms with E-state index >= 15 is 4.39 Å². The highest BCUT2D eigenvalue weighted by Crippen LogP contribution is 2.35. The molecule has 0 aromatic heterocycles. The number of anilines is 2. The van der Waals surface area contributed by atoms with E-state index in [1.54, 1.807) is 31.2 Å². The van der Waals surface area contributed by atoms with Crippen LogP contribution in [0.1, 0.15) is 60.1 Å². The molecule has 3 aliphatic heterocycles. The first-order valence-electron chi connectivity index (χ1n) is 16.0. The van der Waals surface area contributed by atoms with Gasteiger partial charge in [0.05, 0.1) is 11.4 Å². The van der Waals surface area contributed by atoms with Crippen molar-refractivity contribution in [3.63, 3.8) is 0 Å². The van der Waals surface area contributed by atoms with E-state index in [9.17, 15) is 27.4 Å². The smallest absolute Gasteiger partial charge is 0.321 e. The Morgan fingerprint density at radius 2 is 1.62 bits per heavy atom. The molecule has 3 fully saturated rings. The summed E-state index contributed by atoms with van der Waals surface area (Å²) in [6.07, 6.45) is 2.77. The number of nitrogens with zero attached hydrogens (tertiary/aromatic N) is 3. The van der Waals surface area contributed by atoms with Crippen LogP contribution in [0, 0.1) is 24.6 Å². The van der Waals surface area contributed by atoms with Crippen LogP contribution in [0.3, 0.4) is 0 Å². The molecule has 0 spiro atoms. The van der Waals surface area contributed by atoms with E-state index in [1.165, 1.54) is 54.3 Å². The lowest BCUT2D eigenvalue weighted by molar-refractivity contribution is -0.132. The number of carbonyl (C=O) groups is 3. The molecule has 3 heterocycles. The Balaban J connectivity index is 1.35. The number of rotatable bonds is 7. The third-order valence-electron chi connectivity index (χ3n) is 9.55. The van der Waals surface area contributed by atoms with Crippen LogP contribution < -0.4 is 15.5 Å². The number of hydrogen-bond acceptors (Lipinski definition) is 6. The number of fused-ring (bicyclic) bond motifs is 5. The van der Waals surface area contributed by atoms with E-state index in [0.29, 0.717) is 41.7 Å². The fraction of sp³-hybridized carbons (Fsp3) is 0.371. The lowest BCUT2D eigenvalue weighted by Gasteiger charge is -2.30. The molecule has 13 heteroatoms. The van der Waals surface area contributed by atoms with Crippen molar-refractivity contribution in [3.8, 4) is 0 Å². The quantitative estimate of drug-likeness (QED) is 0.298. The van der Waals surface area contributed by atoms with Crippen molar-refractivity contribution in [1.29, 1.82) is 0 Å². The molecule has 2 atom stereocenters. The van der Waals surface area contributed by atoms with Gasteiger partial charge in [0.25, 0.3) is 16.0 Å². The Hall–Kier alpha value is -4.62. The number of hydrogen-bond donors (Lipinski definition) is 3. The number of nitrogens with one attached hydrogen (secondary N) is 2. The second kappa shape index (κ2) is 13.5. The highest BCUT2D eigenvalue weighted by Gasteiger charge is 2.38. The van der Waals surface area contributed by atoms with E-state index in [1.807, 2.05) is 4.90 Å². The Bertz CT molecular complexity index is 1880. The first kappa shape index (κ1) is 33.3. The van der Waals surface area contributed by atoms with Crippen molar-refractivity contribution in [2.45, 2.75) is 50.9 Å². The molecule has 2 saturated heterocycles. The van der Waals surface area contributed by atoms with Gasteiger partial charge in [0.15, 0.2) is 0 Å². The summed E-state index contributed by atoms with van der Waals surface area (Å²) in [7, 11) is -4.39. The van der Waals surface area contributed by atoms with Gasteiger partial charge < -0.3 is 15.5 Å². The van der Waals surface area contributed by atoms with Crippen LogP contribution in [0.4, 0.5) is 20.6 Å². The number of urea groups is 1. The fourth-order valence-corrected chi connectivity index (χ4v) is 7.40. The average Bonchev–Trinajstić information content (AvgIpc) is 3.44. The molecule has 48 heavy (non-hydrogen) atoms. The summed E-state index contributed by atoms with van der Waals surface area (Å²) in [5.41, 5.74) is 2.20. The summed E-state index contributed by atoms with van der Waals surface area (Å²) < 4.78 is 48.2. The minimum atomic E-state index is -4.39. The molecule has 0 radical (unpaired) electrons. The van der Waals surface area contributed by atoms with E-state index in [4.69, 9.17) is 0 Å². The van der Waals surface area contributed by atoms with Crippen molar-refractivity contribution >= 4 is 45.1 Å². The number of aryl methyl sites for hydroxylation is 1. The molecule has 4 aliphatic rings. The topological polar surface area (TPSA) is 148 Å². The Labute approximate surface area is 279 Å². The highest BCUT2D eigenvalue weighted by molar-refractivity contribution is 7.86. The number of halogens is 1.